The first kappa shape index (κ1) is 53.5. The van der Waals surface area contributed by atoms with E-state index in [0.717, 1.165) is 45.3 Å². The number of thiazole rings is 2. The number of thiophene rings is 2. The van der Waals surface area contributed by atoms with Crippen LogP contribution < -0.4 is 9.47 Å². The molecule has 0 bridgehead atoms. The number of carbonyl (C=O) groups is 4. The van der Waals surface area contributed by atoms with E-state index in [1.54, 1.807) is 146 Å². The second-order valence-electron chi connectivity index (χ2n) is 17.2. The van der Waals surface area contributed by atoms with Crippen LogP contribution in [0.2, 0.25) is 0 Å². The van der Waals surface area contributed by atoms with Crippen molar-refractivity contribution in [1.29, 1.82) is 21.0 Å². The fraction of sp³-hybridized carbons (Fsp3) is 0.138. The largest absolute Gasteiger partial charge is 0.495 e. The van der Waals surface area contributed by atoms with Crippen LogP contribution in [0.1, 0.15) is 43.4 Å². The van der Waals surface area contributed by atoms with E-state index in [1.807, 2.05) is 0 Å². The summed E-state index contributed by atoms with van der Waals surface area (Å²) in [6, 6.07) is 44.7. The van der Waals surface area contributed by atoms with Gasteiger partial charge in [0.1, 0.15) is 92.0 Å². The molecule has 0 N–H and O–H groups in total. The fourth-order valence-electron chi connectivity index (χ4n) is 8.95. The molecule has 4 aromatic carbocycles. The van der Waals surface area contributed by atoms with Gasteiger partial charge >= 0.3 is 23.9 Å². The Labute approximate surface area is 471 Å². The predicted octanol–water partition coefficient (Wildman–Crippen LogP) is 10.7. The maximum absolute atomic E-state index is 16.1. The lowest BCUT2D eigenvalue weighted by atomic mass is 9.79. The first-order valence-corrected chi connectivity index (χ1v) is 27.1. The Morgan fingerprint density at radius 3 is 1.00 bits per heavy atom. The molecule has 0 spiro atoms. The third kappa shape index (κ3) is 9.65. The van der Waals surface area contributed by atoms with Crippen molar-refractivity contribution in [3.8, 4) is 55.5 Å². The standard InChI is InChI=1S/C58H36N8O10S4/c1-71-39-23-41(63-37(25-59)26-60)77-45(39)51-65-49-47(79-51)43-44(57(49,53(67)73-29-33-15-7-3-8-16-33)54(68)74-30-34-17-9-4-10-18-34)48-50(66-52(80-48)46-40(72-2)24-42(78-46)64-38(27-61)28-62)58(43,55(69)75-31-35-19-11-5-12-20-35)56(70)76-32-36-21-13-6-14-22-36/h3-24H,29-32H2,1-2H3. The first-order valence-electron chi connectivity index (χ1n) is 23.8. The summed E-state index contributed by atoms with van der Waals surface area (Å²) in [5.74, 6) is -4.44. The molecule has 0 saturated carbocycles. The Morgan fingerprint density at radius 2 is 0.738 bits per heavy atom. The van der Waals surface area contributed by atoms with E-state index in [-0.39, 0.29) is 100.0 Å². The van der Waals surface area contributed by atoms with Crippen LogP contribution in [-0.4, -0.2) is 59.5 Å². The first-order chi connectivity index (χ1) is 39.0. The monoisotopic (exact) mass is 1130 g/mol. The zero-order valence-corrected chi connectivity index (χ0v) is 45.1. The van der Waals surface area contributed by atoms with Gasteiger partial charge in [0.15, 0.2) is 0 Å². The smallest absolute Gasteiger partial charge is 0.334 e. The number of nitriles is 4. The van der Waals surface area contributed by atoms with Crippen LogP contribution in [0.5, 0.6) is 11.5 Å². The average molecular weight is 1130 g/mol. The molecule has 80 heavy (non-hydrogen) atoms. The van der Waals surface area contributed by atoms with Crippen molar-refractivity contribution in [2.24, 2.45) is 9.98 Å². The number of aliphatic imine (C=N–C) groups is 2. The van der Waals surface area contributed by atoms with Gasteiger partial charge in [0.2, 0.25) is 22.3 Å². The molecule has 0 aliphatic heterocycles. The van der Waals surface area contributed by atoms with E-state index in [1.165, 1.54) is 26.4 Å². The summed E-state index contributed by atoms with van der Waals surface area (Å²) in [6.45, 7) is -1.46. The molecule has 8 aromatic rings. The van der Waals surface area contributed by atoms with Crippen molar-refractivity contribution in [3.63, 3.8) is 0 Å². The predicted molar refractivity (Wildman–Crippen MR) is 296 cm³/mol. The number of esters is 4. The molecule has 2 aliphatic rings. The number of rotatable bonds is 18. The number of hydrogen-bond acceptors (Lipinski definition) is 22. The number of fused-ring (bicyclic) bond motifs is 4. The second-order valence-corrected chi connectivity index (χ2v) is 21.3. The zero-order chi connectivity index (χ0) is 56.0. The van der Waals surface area contributed by atoms with E-state index in [2.05, 4.69) is 9.98 Å². The Hall–Kier alpha value is -9.94. The van der Waals surface area contributed by atoms with Gasteiger partial charge in [-0.1, -0.05) is 121 Å². The normalized spacial score (nSPS) is 12.9. The molecule has 10 rings (SSSR count). The van der Waals surface area contributed by atoms with Crippen molar-refractivity contribution in [1.82, 2.24) is 9.97 Å². The van der Waals surface area contributed by atoms with E-state index < -0.39 is 46.1 Å². The van der Waals surface area contributed by atoms with Crippen LogP contribution in [-0.2, 0) is 75.4 Å². The lowest BCUT2D eigenvalue weighted by Crippen LogP contribution is -2.46. The fourth-order valence-corrected chi connectivity index (χ4v) is 13.6. The molecule has 2 aliphatic carbocycles. The number of hydrogen-bond donors (Lipinski definition) is 0. The summed E-state index contributed by atoms with van der Waals surface area (Å²) in [7, 11) is 2.75. The maximum Gasteiger partial charge on any atom is 0.334 e. The van der Waals surface area contributed by atoms with Gasteiger partial charge in [-0.3, -0.25) is 19.2 Å². The minimum absolute atomic E-state index is 0.0236. The van der Waals surface area contributed by atoms with Gasteiger partial charge in [0, 0.05) is 23.3 Å². The summed E-state index contributed by atoms with van der Waals surface area (Å²) in [6.07, 6.45) is 0. The molecular formula is C58H36N8O10S4. The van der Waals surface area contributed by atoms with Gasteiger partial charge < -0.3 is 28.4 Å². The van der Waals surface area contributed by atoms with Gasteiger partial charge in [0.25, 0.3) is 0 Å². The maximum atomic E-state index is 16.1. The van der Waals surface area contributed by atoms with Crippen LogP contribution in [0.4, 0.5) is 10.0 Å². The Balaban J connectivity index is 1.30. The Bertz CT molecular complexity index is 3620. The van der Waals surface area contributed by atoms with Gasteiger partial charge in [0.05, 0.1) is 35.4 Å². The van der Waals surface area contributed by atoms with Crippen molar-refractivity contribution < 1.29 is 47.6 Å². The van der Waals surface area contributed by atoms with Gasteiger partial charge in [-0.15, -0.1) is 45.3 Å². The molecule has 0 saturated heterocycles. The third-order valence-corrected chi connectivity index (χ3v) is 17.0. The third-order valence-electron chi connectivity index (χ3n) is 12.6. The van der Waals surface area contributed by atoms with Gasteiger partial charge in [-0.2, -0.15) is 21.0 Å². The Morgan fingerprint density at radius 1 is 0.450 bits per heavy atom. The Kier molecular flexibility index (Phi) is 15.3. The van der Waals surface area contributed by atoms with Crippen LogP contribution >= 0.6 is 45.3 Å². The quantitative estimate of drug-likeness (QED) is 0.0334. The van der Waals surface area contributed by atoms with Gasteiger partial charge in [-0.25, -0.2) is 20.0 Å². The lowest BCUT2D eigenvalue weighted by molar-refractivity contribution is -0.165. The summed E-state index contributed by atoms with van der Waals surface area (Å²) >= 11 is 3.73. The highest BCUT2D eigenvalue weighted by molar-refractivity contribution is 7.25. The molecular weight excluding hydrogens is 1100 g/mol. The SMILES string of the molecule is COc1cc(N=C(C#N)C#N)sc1-c1nc2c(s1)C1=C(c3sc(-c4sc(N=C(C#N)C#N)cc4OC)nc3C1(C(=O)OCc1ccccc1)C(=O)OCc1ccccc1)C2(C(=O)OCc1ccccc1)C(=O)OCc1ccccc1. The highest BCUT2D eigenvalue weighted by Crippen LogP contribution is 2.68. The number of benzene rings is 4. The van der Waals surface area contributed by atoms with E-state index >= 15 is 19.2 Å². The highest BCUT2D eigenvalue weighted by atomic mass is 32.1. The number of methoxy groups -OCH3 is 2. The van der Waals surface area contributed by atoms with E-state index in [9.17, 15) is 21.0 Å². The molecule has 0 atom stereocenters. The molecule has 18 nitrogen and oxygen atoms in total. The zero-order valence-electron chi connectivity index (χ0n) is 41.8. The molecule has 4 heterocycles. The van der Waals surface area contributed by atoms with Crippen LogP contribution in [0.25, 0.3) is 30.9 Å². The number of aromatic nitrogens is 2. The van der Waals surface area contributed by atoms with Crippen molar-refractivity contribution in [3.05, 3.63) is 177 Å². The molecule has 0 unspecified atom stereocenters. The summed E-state index contributed by atoms with van der Waals surface area (Å²) < 4.78 is 36.6. The number of nitrogens with zero attached hydrogens (tertiary/aromatic N) is 8. The van der Waals surface area contributed by atoms with Crippen molar-refractivity contribution in [2.75, 3.05) is 14.2 Å². The highest BCUT2D eigenvalue weighted by Gasteiger charge is 2.73. The molecule has 392 valence electrons. The average Bonchev–Trinajstić information content (AvgIpc) is 3.13. The molecule has 22 heteroatoms. The topological polar surface area (TPSA) is 269 Å². The molecule has 0 amide bonds. The molecule has 0 radical (unpaired) electrons. The van der Waals surface area contributed by atoms with Gasteiger partial charge in [-0.05, 0) is 22.3 Å². The minimum Gasteiger partial charge on any atom is -0.495 e. The summed E-state index contributed by atoms with van der Waals surface area (Å²) in [5, 5.41) is 39.0. The molecule has 0 fully saturated rings. The number of carbonyl (C=O) groups excluding carboxylic acids is 4. The lowest BCUT2D eigenvalue weighted by Gasteiger charge is -2.27. The van der Waals surface area contributed by atoms with Crippen molar-refractivity contribution >= 4 is 102 Å². The van der Waals surface area contributed by atoms with E-state index in [0.29, 0.717) is 22.3 Å². The van der Waals surface area contributed by atoms with Crippen LogP contribution in [0.15, 0.2) is 143 Å². The van der Waals surface area contributed by atoms with E-state index in [4.69, 9.17) is 38.4 Å². The van der Waals surface area contributed by atoms with Crippen LogP contribution in [0.3, 0.4) is 0 Å². The van der Waals surface area contributed by atoms with Crippen molar-refractivity contribution in [2.45, 2.75) is 37.3 Å². The van der Waals surface area contributed by atoms with Crippen LogP contribution in [0, 0.1) is 45.3 Å². The minimum atomic E-state index is -2.77. The second kappa shape index (κ2) is 23.0. The summed E-state index contributed by atoms with van der Waals surface area (Å²) in [5.41, 5.74) is -5.28. The summed E-state index contributed by atoms with van der Waals surface area (Å²) in [4.78, 5) is 83.3. The molecule has 4 aromatic heterocycles. The number of ether oxygens (including phenoxy) is 6.